The van der Waals surface area contributed by atoms with Gasteiger partial charge >= 0.3 is 5.97 Å². The quantitative estimate of drug-likeness (QED) is 0.382. The second kappa shape index (κ2) is 9.88. The number of anilines is 1. The van der Waals surface area contributed by atoms with Gasteiger partial charge in [-0.2, -0.15) is 0 Å². The number of hydrogen-bond donors (Lipinski definition) is 1. The van der Waals surface area contributed by atoms with Crippen molar-refractivity contribution in [1.82, 2.24) is 0 Å². The molecular formula is C21H23NO6S. The van der Waals surface area contributed by atoms with Crippen molar-refractivity contribution in [2.75, 3.05) is 17.6 Å². The van der Waals surface area contributed by atoms with E-state index in [2.05, 4.69) is 4.72 Å². The molecule has 0 heterocycles. The summed E-state index contributed by atoms with van der Waals surface area (Å²) in [5, 5.41) is 0. The summed E-state index contributed by atoms with van der Waals surface area (Å²) in [5.74, 6) is -0.293. The van der Waals surface area contributed by atoms with Gasteiger partial charge in [0.15, 0.2) is 6.10 Å². The van der Waals surface area contributed by atoms with Crippen LogP contribution in [-0.4, -0.2) is 39.1 Å². The number of ether oxygens (including phenoxy) is 2. The van der Waals surface area contributed by atoms with Gasteiger partial charge in [0.2, 0.25) is 15.8 Å². The van der Waals surface area contributed by atoms with Crippen LogP contribution in [0.15, 0.2) is 54.6 Å². The lowest BCUT2D eigenvalue weighted by atomic mass is 10.1. The third kappa shape index (κ3) is 7.42. The van der Waals surface area contributed by atoms with Gasteiger partial charge < -0.3 is 9.47 Å². The van der Waals surface area contributed by atoms with Gasteiger partial charge in [-0.15, -0.1) is 0 Å². The van der Waals surface area contributed by atoms with Gasteiger partial charge in [0.1, 0.15) is 5.75 Å². The normalized spacial score (nSPS) is 12.4. The van der Waals surface area contributed by atoms with Gasteiger partial charge in [0.25, 0.3) is 0 Å². The van der Waals surface area contributed by atoms with Crippen LogP contribution in [-0.2, 0) is 19.6 Å². The van der Waals surface area contributed by atoms with E-state index in [0.29, 0.717) is 17.9 Å². The molecule has 0 fully saturated rings. The Kier molecular flexibility index (Phi) is 7.55. The fourth-order valence-corrected chi connectivity index (χ4v) is 2.99. The highest BCUT2D eigenvalue weighted by atomic mass is 32.2. The number of carbonyl (C=O) groups excluding carboxylic acids is 2. The van der Waals surface area contributed by atoms with Crippen LogP contribution in [0.5, 0.6) is 5.75 Å². The zero-order valence-electron chi connectivity index (χ0n) is 16.4. The maximum atomic E-state index is 12.4. The lowest BCUT2D eigenvalue weighted by Gasteiger charge is -2.11. The molecule has 0 radical (unpaired) electrons. The van der Waals surface area contributed by atoms with Gasteiger partial charge in [-0.3, -0.25) is 9.52 Å². The summed E-state index contributed by atoms with van der Waals surface area (Å²) in [4.78, 5) is 24.4. The number of benzene rings is 2. The number of ketones is 1. The number of rotatable bonds is 9. The minimum Gasteiger partial charge on any atom is -0.494 e. The first-order valence-corrected chi connectivity index (χ1v) is 10.8. The van der Waals surface area contributed by atoms with Crippen molar-refractivity contribution >= 4 is 33.5 Å². The van der Waals surface area contributed by atoms with E-state index in [1.165, 1.54) is 37.3 Å². The Hall–Kier alpha value is -3.13. The standard InChI is InChI=1S/C21H23NO6S/c1-4-27-19-12-5-16(6-13-19)7-14-20(23)28-15(2)21(24)17-8-10-18(11-9-17)22-29(3,25)26/h5-15,22H,4H2,1-3H3/b14-7+/t15-/m0/s1. The summed E-state index contributed by atoms with van der Waals surface area (Å²) in [7, 11) is -3.40. The van der Waals surface area contributed by atoms with E-state index >= 15 is 0 Å². The summed E-state index contributed by atoms with van der Waals surface area (Å²) in [6.45, 7) is 3.95. The number of carbonyl (C=O) groups is 2. The van der Waals surface area contributed by atoms with Gasteiger partial charge in [0, 0.05) is 17.3 Å². The Bertz CT molecular complexity index is 979. The Morgan fingerprint density at radius 1 is 1.07 bits per heavy atom. The van der Waals surface area contributed by atoms with Crippen LogP contribution < -0.4 is 9.46 Å². The molecule has 2 aromatic carbocycles. The molecule has 0 aliphatic rings. The Morgan fingerprint density at radius 2 is 1.69 bits per heavy atom. The molecule has 2 aromatic rings. The average molecular weight is 417 g/mol. The summed E-state index contributed by atoms with van der Waals surface area (Å²) in [5.41, 5.74) is 1.44. The van der Waals surface area contributed by atoms with E-state index in [-0.39, 0.29) is 0 Å². The van der Waals surface area contributed by atoms with Crippen molar-refractivity contribution in [3.8, 4) is 5.75 Å². The molecule has 0 spiro atoms. The maximum Gasteiger partial charge on any atom is 0.331 e. The fourth-order valence-electron chi connectivity index (χ4n) is 2.42. The van der Waals surface area contributed by atoms with Gasteiger partial charge in [-0.25, -0.2) is 13.2 Å². The number of hydrogen-bond acceptors (Lipinski definition) is 6. The number of sulfonamides is 1. The molecule has 0 aliphatic heterocycles. The molecule has 0 unspecified atom stereocenters. The van der Waals surface area contributed by atoms with E-state index in [1.807, 2.05) is 6.92 Å². The molecule has 1 atom stereocenters. The molecule has 0 bridgehead atoms. The first-order chi connectivity index (χ1) is 13.7. The van der Waals surface area contributed by atoms with E-state index in [0.717, 1.165) is 17.6 Å². The predicted octanol–water partition coefficient (Wildman–Crippen LogP) is 3.28. The van der Waals surface area contributed by atoms with E-state index in [1.54, 1.807) is 30.3 Å². The molecule has 7 nitrogen and oxygen atoms in total. The number of nitrogens with one attached hydrogen (secondary N) is 1. The highest BCUT2D eigenvalue weighted by molar-refractivity contribution is 7.92. The molecular weight excluding hydrogens is 394 g/mol. The van der Waals surface area contributed by atoms with Crippen molar-refractivity contribution in [2.45, 2.75) is 20.0 Å². The minimum atomic E-state index is -3.40. The van der Waals surface area contributed by atoms with E-state index in [9.17, 15) is 18.0 Å². The average Bonchev–Trinajstić information content (AvgIpc) is 2.66. The maximum absolute atomic E-state index is 12.4. The van der Waals surface area contributed by atoms with E-state index in [4.69, 9.17) is 9.47 Å². The third-order valence-corrected chi connectivity index (χ3v) is 4.34. The highest BCUT2D eigenvalue weighted by Gasteiger charge is 2.18. The summed E-state index contributed by atoms with van der Waals surface area (Å²) in [6, 6.07) is 13.1. The minimum absolute atomic E-state index is 0.305. The molecule has 0 saturated carbocycles. The third-order valence-electron chi connectivity index (χ3n) is 3.74. The molecule has 154 valence electrons. The predicted molar refractivity (Wildman–Crippen MR) is 111 cm³/mol. The van der Waals surface area contributed by atoms with Crippen LogP contribution in [0.4, 0.5) is 5.69 Å². The molecule has 0 aliphatic carbocycles. The lowest BCUT2D eigenvalue weighted by Crippen LogP contribution is -2.23. The zero-order valence-corrected chi connectivity index (χ0v) is 17.2. The molecule has 8 heteroatoms. The van der Waals surface area contributed by atoms with Crippen LogP contribution in [0.25, 0.3) is 6.08 Å². The number of esters is 1. The first-order valence-electron chi connectivity index (χ1n) is 8.91. The van der Waals surface area contributed by atoms with Crippen LogP contribution in [0, 0.1) is 0 Å². The SMILES string of the molecule is CCOc1ccc(/C=C/C(=O)O[C@@H](C)C(=O)c2ccc(NS(C)(=O)=O)cc2)cc1. The molecule has 2 rings (SSSR count). The van der Waals surface area contributed by atoms with Gasteiger partial charge in [0.05, 0.1) is 12.9 Å². The molecule has 1 N–H and O–H groups in total. The monoisotopic (exact) mass is 417 g/mol. The number of Topliss-reactive ketones (excluding diaryl/α,β-unsaturated/α-hetero) is 1. The van der Waals surface area contributed by atoms with Crippen molar-refractivity contribution in [1.29, 1.82) is 0 Å². The summed E-state index contributed by atoms with van der Waals surface area (Å²) >= 11 is 0. The van der Waals surface area contributed by atoms with Gasteiger partial charge in [-0.1, -0.05) is 12.1 Å². The topological polar surface area (TPSA) is 98.8 Å². The second-order valence-electron chi connectivity index (χ2n) is 6.23. The lowest BCUT2D eigenvalue weighted by molar-refractivity contribution is -0.140. The van der Waals surface area contributed by atoms with Gasteiger partial charge in [-0.05, 0) is 61.9 Å². The first kappa shape index (κ1) is 22.2. The van der Waals surface area contributed by atoms with Crippen molar-refractivity contribution < 1.29 is 27.5 Å². The Labute approximate surface area is 170 Å². The Morgan fingerprint density at radius 3 is 2.24 bits per heavy atom. The van der Waals surface area contributed by atoms with Crippen molar-refractivity contribution in [3.63, 3.8) is 0 Å². The second-order valence-corrected chi connectivity index (χ2v) is 7.98. The largest absolute Gasteiger partial charge is 0.494 e. The van der Waals surface area contributed by atoms with Crippen LogP contribution >= 0.6 is 0 Å². The van der Waals surface area contributed by atoms with Crippen molar-refractivity contribution in [2.24, 2.45) is 0 Å². The molecule has 0 saturated heterocycles. The smallest absolute Gasteiger partial charge is 0.331 e. The Balaban J connectivity index is 1.93. The fraction of sp³-hybridized carbons (Fsp3) is 0.238. The highest BCUT2D eigenvalue weighted by Crippen LogP contribution is 2.15. The van der Waals surface area contributed by atoms with Crippen LogP contribution in [0.3, 0.4) is 0 Å². The zero-order chi connectivity index (χ0) is 21.4. The van der Waals surface area contributed by atoms with E-state index < -0.39 is 27.9 Å². The van der Waals surface area contributed by atoms with Crippen molar-refractivity contribution in [3.05, 3.63) is 65.7 Å². The summed E-state index contributed by atoms with van der Waals surface area (Å²) < 4.78 is 35.2. The van der Waals surface area contributed by atoms with Crippen LogP contribution in [0.1, 0.15) is 29.8 Å². The summed E-state index contributed by atoms with van der Waals surface area (Å²) in [6.07, 6.45) is 2.88. The molecule has 0 aromatic heterocycles. The van der Waals surface area contributed by atoms with Crippen LogP contribution in [0.2, 0.25) is 0 Å². The molecule has 29 heavy (non-hydrogen) atoms. The molecule has 0 amide bonds.